The van der Waals surface area contributed by atoms with Crippen molar-refractivity contribution in [2.24, 2.45) is 0 Å². The highest BCUT2D eigenvalue weighted by Gasteiger charge is 2.17. The molecular formula is C20H16F2N6O2. The molecule has 1 N–H and O–H groups in total. The van der Waals surface area contributed by atoms with E-state index < -0.39 is 6.61 Å². The van der Waals surface area contributed by atoms with Gasteiger partial charge in [0.1, 0.15) is 12.1 Å². The second-order valence-corrected chi connectivity index (χ2v) is 6.63. The Morgan fingerprint density at radius 3 is 2.93 bits per heavy atom. The number of hydrogen-bond donors (Lipinski definition) is 1. The number of benzene rings is 1. The Labute approximate surface area is 169 Å². The number of rotatable bonds is 6. The first-order valence-corrected chi connectivity index (χ1v) is 9.26. The zero-order valence-electron chi connectivity index (χ0n) is 15.6. The standard InChI is InChI=1S/C20H16F2N6O2/c21-19(22)30-17-5-4-13(8-23-17)15-10-25-20(28-11-26-27-18(15)28)24-9-12-2-1-3-16-14(12)6-7-29-16/h1-5,8,10-11,19H,6-7,9H2,(H,24,25). The van der Waals surface area contributed by atoms with Gasteiger partial charge in [-0.05, 0) is 17.7 Å². The van der Waals surface area contributed by atoms with Gasteiger partial charge in [0.05, 0.1) is 6.61 Å². The maximum atomic E-state index is 12.3. The van der Waals surface area contributed by atoms with E-state index in [-0.39, 0.29) is 5.88 Å². The topological polar surface area (TPSA) is 86.5 Å². The zero-order valence-corrected chi connectivity index (χ0v) is 15.6. The molecule has 0 fully saturated rings. The van der Waals surface area contributed by atoms with Crippen LogP contribution in [0.15, 0.2) is 49.1 Å². The number of nitrogens with zero attached hydrogens (tertiary/aromatic N) is 5. The molecule has 1 aromatic carbocycles. The van der Waals surface area contributed by atoms with Crippen LogP contribution in [0.3, 0.4) is 0 Å². The van der Waals surface area contributed by atoms with Gasteiger partial charge in [0.2, 0.25) is 11.8 Å². The molecule has 10 heteroatoms. The molecule has 30 heavy (non-hydrogen) atoms. The van der Waals surface area contributed by atoms with E-state index in [1.807, 2.05) is 12.1 Å². The van der Waals surface area contributed by atoms with Gasteiger partial charge in [-0.25, -0.2) is 9.97 Å². The van der Waals surface area contributed by atoms with Crippen LogP contribution < -0.4 is 14.8 Å². The molecule has 0 saturated heterocycles. The molecule has 1 aliphatic rings. The Hall–Kier alpha value is -3.82. The van der Waals surface area contributed by atoms with E-state index in [0.717, 1.165) is 17.7 Å². The van der Waals surface area contributed by atoms with Crippen molar-refractivity contribution >= 4 is 11.6 Å². The van der Waals surface area contributed by atoms with Gasteiger partial charge in [-0.2, -0.15) is 8.78 Å². The number of ether oxygens (including phenoxy) is 2. The number of aromatic nitrogens is 5. The second-order valence-electron chi connectivity index (χ2n) is 6.63. The van der Waals surface area contributed by atoms with E-state index in [9.17, 15) is 8.78 Å². The van der Waals surface area contributed by atoms with Crippen molar-refractivity contribution in [3.63, 3.8) is 0 Å². The van der Waals surface area contributed by atoms with Crippen LogP contribution in [0.2, 0.25) is 0 Å². The van der Waals surface area contributed by atoms with E-state index in [2.05, 4.69) is 36.3 Å². The van der Waals surface area contributed by atoms with E-state index in [4.69, 9.17) is 4.74 Å². The van der Waals surface area contributed by atoms with E-state index in [0.29, 0.717) is 35.9 Å². The van der Waals surface area contributed by atoms with Gasteiger partial charge >= 0.3 is 6.61 Å². The van der Waals surface area contributed by atoms with E-state index in [1.165, 1.54) is 17.8 Å². The van der Waals surface area contributed by atoms with Crippen LogP contribution in [0.25, 0.3) is 16.8 Å². The molecule has 0 amide bonds. The summed E-state index contributed by atoms with van der Waals surface area (Å²) in [6.45, 7) is -1.65. The third kappa shape index (κ3) is 3.36. The minimum Gasteiger partial charge on any atom is -0.493 e. The Morgan fingerprint density at radius 1 is 1.17 bits per heavy atom. The van der Waals surface area contributed by atoms with Gasteiger partial charge in [-0.1, -0.05) is 12.1 Å². The third-order valence-electron chi connectivity index (χ3n) is 4.87. The number of hydrogen-bond acceptors (Lipinski definition) is 7. The minimum atomic E-state index is -2.92. The summed E-state index contributed by atoms with van der Waals surface area (Å²) < 4.78 is 36.3. The van der Waals surface area contributed by atoms with Crippen LogP contribution in [0.1, 0.15) is 11.1 Å². The van der Waals surface area contributed by atoms with Crippen molar-refractivity contribution in [2.45, 2.75) is 19.6 Å². The van der Waals surface area contributed by atoms with Crippen LogP contribution in [0.5, 0.6) is 11.6 Å². The second kappa shape index (κ2) is 7.54. The fourth-order valence-corrected chi connectivity index (χ4v) is 3.49. The molecule has 0 radical (unpaired) electrons. The van der Waals surface area contributed by atoms with Gasteiger partial charge in [0.15, 0.2) is 5.65 Å². The molecule has 4 aromatic rings. The van der Waals surface area contributed by atoms with Gasteiger partial charge in [-0.15, -0.1) is 10.2 Å². The number of halogens is 2. The van der Waals surface area contributed by atoms with Crippen molar-refractivity contribution < 1.29 is 18.3 Å². The predicted octanol–water partition coefficient (Wildman–Crippen LogP) is 3.33. The number of pyridine rings is 1. The molecule has 1 aliphatic heterocycles. The monoisotopic (exact) mass is 410 g/mol. The van der Waals surface area contributed by atoms with Crippen molar-refractivity contribution in [3.8, 4) is 22.8 Å². The molecule has 3 aromatic heterocycles. The Balaban J connectivity index is 1.41. The molecule has 0 bridgehead atoms. The molecular weight excluding hydrogens is 394 g/mol. The van der Waals surface area contributed by atoms with Gasteiger partial charge in [-0.3, -0.25) is 4.40 Å². The lowest BCUT2D eigenvalue weighted by molar-refractivity contribution is -0.0528. The van der Waals surface area contributed by atoms with E-state index >= 15 is 0 Å². The summed E-state index contributed by atoms with van der Waals surface area (Å²) >= 11 is 0. The number of anilines is 1. The highest BCUT2D eigenvalue weighted by molar-refractivity contribution is 5.77. The van der Waals surface area contributed by atoms with Crippen LogP contribution in [-0.2, 0) is 13.0 Å². The maximum absolute atomic E-state index is 12.3. The smallest absolute Gasteiger partial charge is 0.388 e. The molecule has 152 valence electrons. The third-order valence-corrected chi connectivity index (χ3v) is 4.87. The number of alkyl halides is 2. The van der Waals surface area contributed by atoms with Gasteiger partial charge in [0, 0.05) is 48.1 Å². The normalized spacial score (nSPS) is 12.8. The SMILES string of the molecule is FC(F)Oc1ccc(-c2cnc(NCc3cccc4c3CCO4)n3cnnc23)cn1. The van der Waals surface area contributed by atoms with Crippen molar-refractivity contribution in [2.75, 3.05) is 11.9 Å². The average Bonchev–Trinajstić information content (AvgIpc) is 3.42. The molecule has 8 nitrogen and oxygen atoms in total. The summed E-state index contributed by atoms with van der Waals surface area (Å²) in [5.74, 6) is 1.36. The number of nitrogens with one attached hydrogen (secondary N) is 1. The van der Waals surface area contributed by atoms with Crippen molar-refractivity contribution in [3.05, 3.63) is 60.2 Å². The average molecular weight is 410 g/mol. The van der Waals surface area contributed by atoms with Crippen LogP contribution >= 0.6 is 0 Å². The predicted molar refractivity (Wildman–Crippen MR) is 104 cm³/mol. The summed E-state index contributed by atoms with van der Waals surface area (Å²) in [5, 5.41) is 11.5. The van der Waals surface area contributed by atoms with Crippen molar-refractivity contribution in [1.29, 1.82) is 0 Å². The Morgan fingerprint density at radius 2 is 2.10 bits per heavy atom. The molecule has 0 aliphatic carbocycles. The minimum absolute atomic E-state index is 0.156. The molecule has 0 atom stereocenters. The molecule has 0 unspecified atom stereocenters. The highest BCUT2D eigenvalue weighted by Crippen LogP contribution is 2.29. The van der Waals surface area contributed by atoms with Gasteiger partial charge < -0.3 is 14.8 Å². The summed E-state index contributed by atoms with van der Waals surface area (Å²) in [6, 6.07) is 9.01. The zero-order chi connectivity index (χ0) is 20.5. The quantitative estimate of drug-likeness (QED) is 0.522. The molecule has 0 saturated carbocycles. The summed E-state index contributed by atoms with van der Waals surface area (Å²) in [5.41, 5.74) is 4.25. The van der Waals surface area contributed by atoms with Crippen LogP contribution in [0, 0.1) is 0 Å². The van der Waals surface area contributed by atoms with Gasteiger partial charge in [0.25, 0.3) is 0 Å². The highest BCUT2D eigenvalue weighted by atomic mass is 19.3. The van der Waals surface area contributed by atoms with Crippen molar-refractivity contribution in [1.82, 2.24) is 24.6 Å². The lowest BCUT2D eigenvalue weighted by Gasteiger charge is -2.12. The maximum Gasteiger partial charge on any atom is 0.388 e. The summed E-state index contributed by atoms with van der Waals surface area (Å²) in [7, 11) is 0. The lowest BCUT2D eigenvalue weighted by Crippen LogP contribution is -2.08. The van der Waals surface area contributed by atoms with Crippen LogP contribution in [-0.4, -0.2) is 37.8 Å². The first-order chi connectivity index (χ1) is 14.7. The fourth-order valence-electron chi connectivity index (χ4n) is 3.49. The largest absolute Gasteiger partial charge is 0.493 e. The lowest BCUT2D eigenvalue weighted by atomic mass is 10.1. The Kier molecular flexibility index (Phi) is 4.58. The molecule has 0 spiro atoms. The first kappa shape index (κ1) is 18.2. The Bertz CT molecular complexity index is 1200. The summed E-state index contributed by atoms with van der Waals surface area (Å²) in [4.78, 5) is 8.40. The summed E-state index contributed by atoms with van der Waals surface area (Å²) in [6.07, 6.45) is 5.54. The number of fused-ring (bicyclic) bond motifs is 2. The first-order valence-electron chi connectivity index (χ1n) is 9.26. The molecule has 5 rings (SSSR count). The fraction of sp³-hybridized carbons (Fsp3) is 0.200. The van der Waals surface area contributed by atoms with Crippen LogP contribution in [0.4, 0.5) is 14.7 Å². The van der Waals surface area contributed by atoms with E-state index in [1.54, 1.807) is 23.0 Å². The molecule has 4 heterocycles.